The Morgan fingerprint density at radius 2 is 2.08 bits per heavy atom. The van der Waals surface area contributed by atoms with Gasteiger partial charge in [-0.05, 0) is 19.4 Å². The quantitative estimate of drug-likeness (QED) is 0.491. The SMILES string of the molecule is BBc1c(/C=C/C)ccc(C)c1B. The number of hydrogen-bond donors (Lipinski definition) is 0. The van der Waals surface area contributed by atoms with Gasteiger partial charge in [-0.3, -0.25) is 0 Å². The average Bonchev–Trinajstić information content (AvgIpc) is 2.12. The van der Waals surface area contributed by atoms with Crippen LogP contribution in [0.15, 0.2) is 18.2 Å². The molecule has 0 fully saturated rings. The molecule has 0 radical (unpaired) electrons. The summed E-state index contributed by atoms with van der Waals surface area (Å²) in [5.74, 6) is 0. The van der Waals surface area contributed by atoms with E-state index in [0.717, 1.165) is 7.17 Å². The van der Waals surface area contributed by atoms with Gasteiger partial charge in [0.1, 0.15) is 15.0 Å². The summed E-state index contributed by atoms with van der Waals surface area (Å²) in [6, 6.07) is 4.41. The van der Waals surface area contributed by atoms with Crippen LogP contribution in [0.5, 0.6) is 0 Å². The third-order valence-corrected chi connectivity index (χ3v) is 2.61. The summed E-state index contributed by atoms with van der Waals surface area (Å²) >= 11 is 0. The maximum Gasteiger partial charge on any atom is 0.138 e. The molecule has 0 saturated carbocycles. The van der Waals surface area contributed by atoms with Gasteiger partial charge in [-0.15, -0.1) is 0 Å². The van der Waals surface area contributed by atoms with E-state index in [2.05, 4.69) is 53.7 Å². The summed E-state index contributed by atoms with van der Waals surface area (Å²) in [6.07, 6.45) is 4.29. The van der Waals surface area contributed by atoms with Crippen molar-refractivity contribution in [2.24, 2.45) is 0 Å². The largest absolute Gasteiger partial charge is 0.138 e. The van der Waals surface area contributed by atoms with Crippen LogP contribution in [0.3, 0.4) is 0 Å². The smallest absolute Gasteiger partial charge is 0.0923 e. The Kier molecular flexibility index (Phi) is 3.47. The van der Waals surface area contributed by atoms with Crippen molar-refractivity contribution >= 4 is 39.8 Å². The third-order valence-electron chi connectivity index (χ3n) is 2.61. The van der Waals surface area contributed by atoms with Crippen molar-refractivity contribution in [1.29, 1.82) is 0 Å². The molecule has 0 bridgehead atoms. The van der Waals surface area contributed by atoms with Crippen molar-refractivity contribution in [3.63, 3.8) is 0 Å². The zero-order valence-corrected chi connectivity index (χ0v) is 9.02. The first-order valence-electron chi connectivity index (χ1n) is 4.92. The molecule has 0 amide bonds. The second-order valence-corrected chi connectivity index (χ2v) is 3.43. The molecule has 0 saturated heterocycles. The standard InChI is InChI=1S/C10H15B3/c1-3-4-8-6-5-7(2)9(11)10(8)13-12/h3-6,13H,11-12H2,1-2H3/b4-3+. The van der Waals surface area contributed by atoms with Crippen molar-refractivity contribution in [3.8, 4) is 0 Å². The van der Waals surface area contributed by atoms with E-state index in [-0.39, 0.29) is 0 Å². The Labute approximate surface area is 83.5 Å². The van der Waals surface area contributed by atoms with Gasteiger partial charge < -0.3 is 0 Å². The number of benzene rings is 1. The van der Waals surface area contributed by atoms with Crippen LogP contribution in [-0.4, -0.2) is 22.8 Å². The molecular formula is C10H15B3. The highest BCUT2D eigenvalue weighted by Gasteiger charge is 2.03. The highest BCUT2D eigenvalue weighted by Crippen LogP contribution is 1.99. The molecule has 0 aromatic heterocycles. The van der Waals surface area contributed by atoms with Crippen LogP contribution in [0.2, 0.25) is 0 Å². The highest BCUT2D eigenvalue weighted by molar-refractivity contribution is 6.99. The number of allylic oxidation sites excluding steroid dienone is 1. The fourth-order valence-electron chi connectivity index (χ4n) is 1.70. The Morgan fingerprint density at radius 3 is 2.62 bits per heavy atom. The minimum absolute atomic E-state index is 1.12. The van der Waals surface area contributed by atoms with Gasteiger partial charge >= 0.3 is 0 Å². The summed E-state index contributed by atoms with van der Waals surface area (Å²) in [6.45, 7) is 4.24. The monoisotopic (exact) mass is 168 g/mol. The highest BCUT2D eigenvalue weighted by atomic mass is 14.0. The normalized spacial score (nSPS) is 10.6. The minimum Gasteiger partial charge on any atom is -0.0923 e. The first kappa shape index (κ1) is 10.2. The molecule has 0 atom stereocenters. The zero-order valence-electron chi connectivity index (χ0n) is 9.02. The Hall–Kier alpha value is -0.845. The first-order chi connectivity index (χ1) is 6.20. The van der Waals surface area contributed by atoms with Gasteiger partial charge in [0.15, 0.2) is 0 Å². The lowest BCUT2D eigenvalue weighted by Crippen LogP contribution is -2.35. The van der Waals surface area contributed by atoms with E-state index in [0.29, 0.717) is 0 Å². The summed E-state index contributed by atoms with van der Waals surface area (Å²) in [5, 5.41) is 0. The predicted molar refractivity (Wildman–Crippen MR) is 69.4 cm³/mol. The third kappa shape index (κ3) is 2.09. The molecule has 1 aromatic carbocycles. The summed E-state index contributed by atoms with van der Waals surface area (Å²) in [7, 11) is 5.54. The molecule has 64 valence electrons. The fraction of sp³-hybridized carbons (Fsp3) is 0.200. The van der Waals surface area contributed by atoms with Crippen LogP contribution >= 0.6 is 0 Å². The molecule has 0 nitrogen and oxygen atoms in total. The van der Waals surface area contributed by atoms with Gasteiger partial charge in [0, 0.05) is 0 Å². The number of hydrogen-bond acceptors (Lipinski definition) is 0. The van der Waals surface area contributed by atoms with E-state index in [4.69, 9.17) is 0 Å². The zero-order chi connectivity index (χ0) is 9.84. The Bertz CT molecular complexity index is 329. The Balaban J connectivity index is 3.29. The van der Waals surface area contributed by atoms with Crippen LogP contribution < -0.4 is 10.9 Å². The van der Waals surface area contributed by atoms with E-state index in [1.54, 1.807) is 0 Å². The number of aryl methyl sites for hydroxylation is 1. The van der Waals surface area contributed by atoms with Crippen LogP contribution in [0.1, 0.15) is 18.1 Å². The molecule has 0 aliphatic rings. The molecule has 0 aliphatic heterocycles. The van der Waals surface area contributed by atoms with Gasteiger partial charge in [-0.1, -0.05) is 40.8 Å². The molecule has 0 spiro atoms. The lowest BCUT2D eigenvalue weighted by atomic mass is 9.47. The van der Waals surface area contributed by atoms with Gasteiger partial charge in [-0.2, -0.15) is 0 Å². The predicted octanol–water partition coefficient (Wildman–Crippen LogP) is -1.10. The Morgan fingerprint density at radius 1 is 1.38 bits per heavy atom. The van der Waals surface area contributed by atoms with Gasteiger partial charge in [0.05, 0.1) is 7.74 Å². The van der Waals surface area contributed by atoms with Gasteiger partial charge in [0.25, 0.3) is 0 Å². The van der Waals surface area contributed by atoms with Crippen LogP contribution in [0.25, 0.3) is 6.08 Å². The average molecular weight is 168 g/mol. The second kappa shape index (κ2) is 4.41. The van der Waals surface area contributed by atoms with Crippen LogP contribution in [0.4, 0.5) is 0 Å². The van der Waals surface area contributed by atoms with Crippen molar-refractivity contribution in [2.75, 3.05) is 0 Å². The van der Waals surface area contributed by atoms with Crippen molar-refractivity contribution in [2.45, 2.75) is 13.8 Å². The molecule has 1 rings (SSSR count). The molecule has 0 unspecified atom stereocenters. The van der Waals surface area contributed by atoms with Crippen LogP contribution in [-0.2, 0) is 0 Å². The van der Waals surface area contributed by atoms with E-state index in [9.17, 15) is 0 Å². The lowest BCUT2D eigenvalue weighted by molar-refractivity contribution is 1.52. The van der Waals surface area contributed by atoms with Crippen molar-refractivity contribution in [3.05, 3.63) is 29.3 Å². The molecule has 3 heteroatoms. The maximum atomic E-state index is 2.22. The number of rotatable bonds is 2. The molecule has 1 aromatic rings. The second-order valence-electron chi connectivity index (χ2n) is 3.43. The van der Waals surface area contributed by atoms with Crippen molar-refractivity contribution < 1.29 is 0 Å². The topological polar surface area (TPSA) is 0 Å². The summed E-state index contributed by atoms with van der Waals surface area (Å²) in [4.78, 5) is 0. The van der Waals surface area contributed by atoms with E-state index < -0.39 is 0 Å². The minimum atomic E-state index is 1.12. The molecule has 0 heterocycles. The first-order valence-corrected chi connectivity index (χ1v) is 4.92. The van der Waals surface area contributed by atoms with Gasteiger partial charge in [-0.25, -0.2) is 0 Å². The lowest BCUT2D eigenvalue weighted by Gasteiger charge is -2.10. The molecule has 0 N–H and O–H groups in total. The maximum absolute atomic E-state index is 2.22. The fourth-order valence-corrected chi connectivity index (χ4v) is 1.70. The van der Waals surface area contributed by atoms with E-state index >= 15 is 0 Å². The van der Waals surface area contributed by atoms with Gasteiger partial charge in [0.2, 0.25) is 0 Å². The van der Waals surface area contributed by atoms with E-state index in [1.165, 1.54) is 22.1 Å². The molecule has 13 heavy (non-hydrogen) atoms. The molecular weight excluding hydrogens is 153 g/mol. The summed E-state index contributed by atoms with van der Waals surface area (Å²) < 4.78 is 0. The summed E-state index contributed by atoms with van der Waals surface area (Å²) in [5.41, 5.74) is 5.69. The van der Waals surface area contributed by atoms with Crippen molar-refractivity contribution in [1.82, 2.24) is 0 Å². The van der Waals surface area contributed by atoms with E-state index in [1.807, 2.05) is 0 Å². The molecule has 0 aliphatic carbocycles. The van der Waals surface area contributed by atoms with Crippen LogP contribution in [0, 0.1) is 6.92 Å².